The molecule has 0 aliphatic heterocycles. The largest absolute Gasteiger partial charge is 0.359 e. The van der Waals surface area contributed by atoms with Crippen LogP contribution in [0.2, 0.25) is 0 Å². The van der Waals surface area contributed by atoms with Gasteiger partial charge in [0.25, 0.3) is 0 Å². The van der Waals surface area contributed by atoms with Crippen molar-refractivity contribution in [1.29, 1.82) is 0 Å². The van der Waals surface area contributed by atoms with E-state index < -0.39 is 0 Å². The Kier molecular flexibility index (Phi) is 4.22. The summed E-state index contributed by atoms with van der Waals surface area (Å²) >= 11 is 0. The Morgan fingerprint density at radius 3 is 2.62 bits per heavy atom. The van der Waals surface area contributed by atoms with Crippen molar-refractivity contribution in [2.24, 2.45) is 0 Å². The number of rotatable bonds is 4. The SMILES string of the molecule is Cc1nccc(NC(C)C(=O)NC(C)C)n1. The molecule has 1 aromatic heterocycles. The van der Waals surface area contributed by atoms with Crippen LogP contribution in [0.4, 0.5) is 5.82 Å². The zero-order valence-corrected chi connectivity index (χ0v) is 10.1. The summed E-state index contributed by atoms with van der Waals surface area (Å²) in [6, 6.07) is 1.58. The molecule has 16 heavy (non-hydrogen) atoms. The molecule has 5 heteroatoms. The van der Waals surface area contributed by atoms with E-state index in [0.29, 0.717) is 11.6 Å². The second kappa shape index (κ2) is 5.44. The fourth-order valence-electron chi connectivity index (χ4n) is 1.23. The van der Waals surface area contributed by atoms with Gasteiger partial charge in [0.05, 0.1) is 0 Å². The summed E-state index contributed by atoms with van der Waals surface area (Å²) in [6.07, 6.45) is 1.66. The van der Waals surface area contributed by atoms with E-state index in [-0.39, 0.29) is 18.0 Å². The molecule has 0 aromatic carbocycles. The molecule has 0 saturated carbocycles. The van der Waals surface area contributed by atoms with Gasteiger partial charge >= 0.3 is 0 Å². The zero-order valence-electron chi connectivity index (χ0n) is 10.1. The Labute approximate surface area is 95.7 Å². The number of aromatic nitrogens is 2. The lowest BCUT2D eigenvalue weighted by Gasteiger charge is -2.16. The second-order valence-electron chi connectivity index (χ2n) is 4.02. The van der Waals surface area contributed by atoms with E-state index in [4.69, 9.17) is 0 Å². The molecule has 1 unspecified atom stereocenters. The third-order valence-corrected chi connectivity index (χ3v) is 1.96. The minimum atomic E-state index is -0.309. The molecule has 88 valence electrons. The lowest BCUT2D eigenvalue weighted by molar-refractivity contribution is -0.122. The Morgan fingerprint density at radius 2 is 2.06 bits per heavy atom. The van der Waals surface area contributed by atoms with Crippen molar-refractivity contribution in [3.8, 4) is 0 Å². The molecule has 1 amide bonds. The monoisotopic (exact) mass is 222 g/mol. The predicted molar refractivity (Wildman–Crippen MR) is 63.1 cm³/mol. The highest BCUT2D eigenvalue weighted by atomic mass is 16.2. The Hall–Kier alpha value is -1.65. The van der Waals surface area contributed by atoms with Gasteiger partial charge in [-0.15, -0.1) is 0 Å². The van der Waals surface area contributed by atoms with Crippen molar-refractivity contribution < 1.29 is 4.79 Å². The van der Waals surface area contributed by atoms with E-state index in [2.05, 4.69) is 20.6 Å². The van der Waals surface area contributed by atoms with E-state index in [1.54, 1.807) is 19.2 Å². The molecule has 2 N–H and O–H groups in total. The lowest BCUT2D eigenvalue weighted by Crippen LogP contribution is -2.41. The van der Waals surface area contributed by atoms with Gasteiger partial charge in [-0.2, -0.15) is 0 Å². The van der Waals surface area contributed by atoms with Gasteiger partial charge in [-0.1, -0.05) is 0 Å². The number of hydrogen-bond donors (Lipinski definition) is 2. The molecule has 1 rings (SSSR count). The molecule has 0 saturated heterocycles. The van der Waals surface area contributed by atoms with Crippen LogP contribution in [0.3, 0.4) is 0 Å². The maximum absolute atomic E-state index is 11.6. The first-order chi connectivity index (χ1) is 7.49. The summed E-state index contributed by atoms with van der Waals surface area (Å²) < 4.78 is 0. The van der Waals surface area contributed by atoms with Crippen LogP contribution in [-0.2, 0) is 4.79 Å². The van der Waals surface area contributed by atoms with Gasteiger partial charge in [-0.05, 0) is 33.8 Å². The van der Waals surface area contributed by atoms with Crippen molar-refractivity contribution in [3.63, 3.8) is 0 Å². The summed E-state index contributed by atoms with van der Waals surface area (Å²) in [5.41, 5.74) is 0. The van der Waals surface area contributed by atoms with E-state index in [1.807, 2.05) is 20.8 Å². The predicted octanol–water partition coefficient (Wildman–Crippen LogP) is 1.11. The third-order valence-electron chi connectivity index (χ3n) is 1.96. The molecule has 1 atom stereocenters. The van der Waals surface area contributed by atoms with Crippen LogP contribution in [0, 0.1) is 6.92 Å². The number of anilines is 1. The highest BCUT2D eigenvalue weighted by molar-refractivity contribution is 5.84. The summed E-state index contributed by atoms with van der Waals surface area (Å²) in [5.74, 6) is 1.31. The normalized spacial score (nSPS) is 12.3. The van der Waals surface area contributed by atoms with Crippen molar-refractivity contribution in [2.45, 2.75) is 39.8 Å². The van der Waals surface area contributed by atoms with Crippen LogP contribution >= 0.6 is 0 Å². The fraction of sp³-hybridized carbons (Fsp3) is 0.545. The highest BCUT2D eigenvalue weighted by Gasteiger charge is 2.13. The molecular formula is C11H18N4O. The van der Waals surface area contributed by atoms with Crippen LogP contribution in [0.15, 0.2) is 12.3 Å². The number of amides is 1. The average Bonchev–Trinajstić information content (AvgIpc) is 2.16. The summed E-state index contributed by atoms with van der Waals surface area (Å²) in [5, 5.41) is 5.86. The van der Waals surface area contributed by atoms with E-state index in [9.17, 15) is 4.79 Å². The number of carbonyl (C=O) groups is 1. The number of nitrogens with one attached hydrogen (secondary N) is 2. The fourth-order valence-corrected chi connectivity index (χ4v) is 1.23. The maximum atomic E-state index is 11.6. The van der Waals surface area contributed by atoms with Crippen LogP contribution in [0.1, 0.15) is 26.6 Å². The summed E-state index contributed by atoms with van der Waals surface area (Å²) in [7, 11) is 0. The Balaban J connectivity index is 2.57. The molecule has 1 heterocycles. The standard InChI is InChI=1S/C11H18N4O/c1-7(2)13-11(16)8(3)14-10-5-6-12-9(4)15-10/h5-8H,1-4H3,(H,13,16)(H,12,14,15). The van der Waals surface area contributed by atoms with Crippen LogP contribution in [0.5, 0.6) is 0 Å². The minimum Gasteiger partial charge on any atom is -0.359 e. The second-order valence-corrected chi connectivity index (χ2v) is 4.02. The van der Waals surface area contributed by atoms with Gasteiger partial charge in [0.2, 0.25) is 5.91 Å². The first kappa shape index (κ1) is 12.4. The molecule has 0 aliphatic carbocycles. The van der Waals surface area contributed by atoms with Crippen molar-refractivity contribution >= 4 is 11.7 Å². The smallest absolute Gasteiger partial charge is 0.242 e. The van der Waals surface area contributed by atoms with Gasteiger partial charge < -0.3 is 10.6 Å². The molecule has 0 spiro atoms. The van der Waals surface area contributed by atoms with Crippen molar-refractivity contribution in [2.75, 3.05) is 5.32 Å². The first-order valence-electron chi connectivity index (χ1n) is 5.35. The van der Waals surface area contributed by atoms with Gasteiger partial charge in [0.1, 0.15) is 17.7 Å². The zero-order chi connectivity index (χ0) is 12.1. The molecule has 0 bridgehead atoms. The quantitative estimate of drug-likeness (QED) is 0.801. The molecule has 0 radical (unpaired) electrons. The minimum absolute atomic E-state index is 0.0359. The molecule has 0 fully saturated rings. The van der Waals surface area contributed by atoms with Gasteiger partial charge in [-0.25, -0.2) is 9.97 Å². The van der Waals surface area contributed by atoms with E-state index in [1.165, 1.54) is 0 Å². The average molecular weight is 222 g/mol. The van der Waals surface area contributed by atoms with Crippen molar-refractivity contribution in [3.05, 3.63) is 18.1 Å². The third kappa shape index (κ3) is 3.84. The van der Waals surface area contributed by atoms with Crippen LogP contribution in [0.25, 0.3) is 0 Å². The molecular weight excluding hydrogens is 204 g/mol. The highest BCUT2D eigenvalue weighted by Crippen LogP contribution is 2.03. The molecule has 0 aliphatic rings. The Bertz CT molecular complexity index is 365. The van der Waals surface area contributed by atoms with Crippen molar-refractivity contribution in [1.82, 2.24) is 15.3 Å². The number of aryl methyl sites for hydroxylation is 1. The molecule has 5 nitrogen and oxygen atoms in total. The van der Waals surface area contributed by atoms with Gasteiger partial charge in [0, 0.05) is 12.2 Å². The summed E-state index contributed by atoms with van der Waals surface area (Å²) in [6.45, 7) is 7.47. The molecule has 1 aromatic rings. The maximum Gasteiger partial charge on any atom is 0.242 e. The lowest BCUT2D eigenvalue weighted by atomic mass is 10.3. The number of carbonyl (C=O) groups excluding carboxylic acids is 1. The summed E-state index contributed by atoms with van der Waals surface area (Å²) in [4.78, 5) is 19.8. The van der Waals surface area contributed by atoms with Crippen LogP contribution < -0.4 is 10.6 Å². The van der Waals surface area contributed by atoms with E-state index >= 15 is 0 Å². The first-order valence-corrected chi connectivity index (χ1v) is 5.35. The Morgan fingerprint density at radius 1 is 1.38 bits per heavy atom. The van der Waals surface area contributed by atoms with Crippen LogP contribution in [-0.4, -0.2) is 28.0 Å². The van der Waals surface area contributed by atoms with E-state index in [0.717, 1.165) is 0 Å². The number of nitrogens with zero attached hydrogens (tertiary/aromatic N) is 2. The number of hydrogen-bond acceptors (Lipinski definition) is 4. The van der Waals surface area contributed by atoms with Gasteiger partial charge in [0.15, 0.2) is 0 Å². The van der Waals surface area contributed by atoms with Gasteiger partial charge in [-0.3, -0.25) is 4.79 Å². The topological polar surface area (TPSA) is 66.9 Å².